The van der Waals surface area contributed by atoms with Crippen molar-refractivity contribution in [3.63, 3.8) is 0 Å². The zero-order valence-electron chi connectivity index (χ0n) is 25.8. The highest BCUT2D eigenvalue weighted by atomic mass is 32.2. The Morgan fingerprint density at radius 1 is 0.821 bits per heavy atom. The first-order chi connectivity index (χ1) is 18.7. The van der Waals surface area contributed by atoms with Crippen molar-refractivity contribution >= 4 is 10.8 Å². The highest BCUT2D eigenvalue weighted by molar-refractivity contribution is 7.85. The Morgan fingerprint density at radius 2 is 1.49 bits per heavy atom. The molecule has 1 heterocycles. The lowest BCUT2D eigenvalue weighted by atomic mass is 9.38. The smallest absolute Gasteiger partial charge is 0.0568 e. The second kappa shape index (κ2) is 11.3. The third-order valence-electron chi connectivity index (χ3n) is 14.1. The van der Waals surface area contributed by atoms with Crippen molar-refractivity contribution in [1.29, 1.82) is 0 Å². The Balaban J connectivity index is 0.000000636. The van der Waals surface area contributed by atoms with Crippen LogP contribution in [0.3, 0.4) is 0 Å². The van der Waals surface area contributed by atoms with Crippen LogP contribution in [0.2, 0.25) is 0 Å². The standard InChI is InChI=1S/C30H52N2O2S.C4H8/c1-21-23-8-12-29(3)24-9-14-30(31-15-16-32-17-19-35(34)20-18-32)11-4-5-25(30)22(24)6-7-27(29)28(23,2)13-10-26(21)33;1-4-2-3-4/h21-27,31,33H,4-20H2,1-3H3;4H,2-3H2,1H3. The number of hydrogen-bond donors (Lipinski definition) is 2. The van der Waals surface area contributed by atoms with Crippen molar-refractivity contribution in [2.75, 3.05) is 37.7 Å². The molecule has 0 aromatic carbocycles. The van der Waals surface area contributed by atoms with Crippen LogP contribution < -0.4 is 5.32 Å². The lowest BCUT2D eigenvalue weighted by Gasteiger charge is -2.67. The van der Waals surface area contributed by atoms with Gasteiger partial charge in [-0.2, -0.15) is 0 Å². The lowest BCUT2D eigenvalue weighted by Crippen LogP contribution is -2.64. The van der Waals surface area contributed by atoms with Gasteiger partial charge in [0.2, 0.25) is 0 Å². The summed E-state index contributed by atoms with van der Waals surface area (Å²) in [5, 5.41) is 14.8. The van der Waals surface area contributed by atoms with E-state index >= 15 is 0 Å². The lowest BCUT2D eigenvalue weighted by molar-refractivity contribution is -0.191. The van der Waals surface area contributed by atoms with Gasteiger partial charge in [-0.3, -0.25) is 4.21 Å². The Hall–Kier alpha value is 0.0300. The molecule has 1 saturated heterocycles. The van der Waals surface area contributed by atoms with Crippen LogP contribution in [-0.4, -0.2) is 63.5 Å². The molecule has 10 atom stereocenters. The van der Waals surface area contributed by atoms with Crippen molar-refractivity contribution in [1.82, 2.24) is 10.2 Å². The predicted octanol–water partition coefficient (Wildman–Crippen LogP) is 6.25. The molecular weight excluding hydrogens is 500 g/mol. The van der Waals surface area contributed by atoms with Gasteiger partial charge in [-0.15, -0.1) is 0 Å². The molecule has 0 radical (unpaired) electrons. The van der Waals surface area contributed by atoms with Crippen LogP contribution >= 0.6 is 0 Å². The van der Waals surface area contributed by atoms with E-state index in [1.54, 1.807) is 0 Å². The normalized spacial score (nSPS) is 50.1. The number of fused-ring (bicyclic) bond motifs is 7. The molecule has 224 valence electrons. The molecule has 10 unspecified atom stereocenters. The van der Waals surface area contributed by atoms with E-state index in [0.717, 1.165) is 79.6 Å². The van der Waals surface area contributed by atoms with Crippen molar-refractivity contribution in [2.24, 2.45) is 52.3 Å². The van der Waals surface area contributed by atoms with Crippen LogP contribution in [0.4, 0.5) is 0 Å². The third-order valence-corrected chi connectivity index (χ3v) is 15.4. The summed E-state index contributed by atoms with van der Waals surface area (Å²) >= 11 is 0. The Morgan fingerprint density at radius 3 is 2.21 bits per heavy atom. The minimum Gasteiger partial charge on any atom is -0.393 e. The van der Waals surface area contributed by atoms with Gasteiger partial charge in [0, 0.05) is 54.0 Å². The summed E-state index contributed by atoms with van der Waals surface area (Å²) in [6.45, 7) is 14.3. The van der Waals surface area contributed by atoms with Crippen LogP contribution in [0.1, 0.15) is 111 Å². The number of rotatable bonds is 4. The molecule has 6 saturated carbocycles. The molecular formula is C34H60N2O2S. The number of aliphatic hydroxyl groups is 1. The summed E-state index contributed by atoms with van der Waals surface area (Å²) in [6.07, 6.45) is 17.9. The first kappa shape index (κ1) is 29.1. The fourth-order valence-corrected chi connectivity index (χ4v) is 12.8. The van der Waals surface area contributed by atoms with E-state index in [9.17, 15) is 9.32 Å². The molecule has 0 aromatic rings. The van der Waals surface area contributed by atoms with Gasteiger partial charge in [-0.1, -0.05) is 47.0 Å². The van der Waals surface area contributed by atoms with E-state index in [1.807, 2.05) is 0 Å². The second-order valence-electron chi connectivity index (χ2n) is 16.0. The Labute approximate surface area is 242 Å². The summed E-state index contributed by atoms with van der Waals surface area (Å²) < 4.78 is 11.7. The average molecular weight is 561 g/mol. The molecule has 0 aromatic heterocycles. The molecule has 39 heavy (non-hydrogen) atoms. The summed E-state index contributed by atoms with van der Waals surface area (Å²) in [5.41, 5.74) is 1.35. The molecule has 0 spiro atoms. The molecule has 5 heteroatoms. The van der Waals surface area contributed by atoms with E-state index in [2.05, 4.69) is 37.9 Å². The molecule has 7 fully saturated rings. The maximum absolute atomic E-state index is 11.7. The van der Waals surface area contributed by atoms with Gasteiger partial charge in [-0.05, 0) is 116 Å². The average Bonchev–Trinajstić information content (AvgIpc) is 3.58. The van der Waals surface area contributed by atoms with Gasteiger partial charge >= 0.3 is 0 Å². The SMILES string of the molecule is CC1C(O)CCC2(C)C1CCC1(C)C3CCC4(NCCN5CCS(=O)CC5)CCCC4C3CCC21.CC1CC1. The van der Waals surface area contributed by atoms with E-state index in [4.69, 9.17) is 0 Å². The van der Waals surface area contributed by atoms with Crippen LogP contribution in [-0.2, 0) is 10.8 Å². The number of nitrogens with one attached hydrogen (secondary N) is 1. The summed E-state index contributed by atoms with van der Waals surface area (Å²) in [5.74, 6) is 7.60. The molecule has 4 nitrogen and oxygen atoms in total. The van der Waals surface area contributed by atoms with Gasteiger partial charge in [0.25, 0.3) is 0 Å². The molecule has 7 rings (SSSR count). The second-order valence-corrected chi connectivity index (χ2v) is 17.7. The molecule has 2 N–H and O–H groups in total. The first-order valence-corrected chi connectivity index (χ1v) is 18.7. The quantitative estimate of drug-likeness (QED) is 0.427. The Kier molecular flexibility index (Phi) is 8.41. The van der Waals surface area contributed by atoms with Crippen LogP contribution in [0.5, 0.6) is 0 Å². The maximum Gasteiger partial charge on any atom is 0.0568 e. The Bertz CT molecular complexity index is 884. The first-order valence-electron chi connectivity index (χ1n) is 17.2. The molecule has 0 bridgehead atoms. The number of aliphatic hydroxyl groups excluding tert-OH is 1. The summed E-state index contributed by atoms with van der Waals surface area (Å²) in [7, 11) is -0.573. The highest BCUT2D eigenvalue weighted by Gasteiger charge is 2.64. The maximum atomic E-state index is 11.7. The minimum absolute atomic E-state index is 0.0688. The van der Waals surface area contributed by atoms with Gasteiger partial charge in [-0.25, -0.2) is 0 Å². The minimum atomic E-state index is -0.573. The predicted molar refractivity (Wildman–Crippen MR) is 163 cm³/mol. The van der Waals surface area contributed by atoms with E-state index in [0.29, 0.717) is 22.3 Å². The van der Waals surface area contributed by atoms with Crippen molar-refractivity contribution < 1.29 is 9.32 Å². The molecule has 6 aliphatic carbocycles. The summed E-state index contributed by atoms with van der Waals surface area (Å²) in [6, 6.07) is 0. The number of nitrogens with zero attached hydrogens (tertiary/aromatic N) is 1. The molecule has 0 amide bonds. The van der Waals surface area contributed by atoms with Crippen molar-refractivity contribution in [3.8, 4) is 0 Å². The fourth-order valence-electron chi connectivity index (χ4n) is 11.7. The van der Waals surface area contributed by atoms with Gasteiger partial charge in [0.15, 0.2) is 0 Å². The molecule has 7 aliphatic rings. The van der Waals surface area contributed by atoms with Crippen molar-refractivity contribution in [3.05, 3.63) is 0 Å². The fraction of sp³-hybridized carbons (Fsp3) is 1.00. The zero-order valence-corrected chi connectivity index (χ0v) is 26.6. The van der Waals surface area contributed by atoms with Crippen molar-refractivity contribution in [2.45, 2.75) is 123 Å². The third kappa shape index (κ3) is 5.35. The topological polar surface area (TPSA) is 52.6 Å². The zero-order chi connectivity index (χ0) is 27.4. The van der Waals surface area contributed by atoms with E-state index in [1.165, 1.54) is 77.0 Å². The largest absolute Gasteiger partial charge is 0.393 e. The van der Waals surface area contributed by atoms with Gasteiger partial charge < -0.3 is 15.3 Å². The monoisotopic (exact) mass is 560 g/mol. The molecule has 1 aliphatic heterocycles. The van der Waals surface area contributed by atoms with Gasteiger partial charge in [0.05, 0.1) is 6.10 Å². The summed E-state index contributed by atoms with van der Waals surface area (Å²) in [4.78, 5) is 2.54. The van der Waals surface area contributed by atoms with Gasteiger partial charge in [0.1, 0.15) is 0 Å². The van der Waals surface area contributed by atoms with E-state index in [-0.39, 0.29) is 6.10 Å². The van der Waals surface area contributed by atoms with Crippen LogP contribution in [0.25, 0.3) is 0 Å². The van der Waals surface area contributed by atoms with E-state index < -0.39 is 10.8 Å². The van der Waals surface area contributed by atoms with Crippen LogP contribution in [0, 0.1) is 52.3 Å². The number of hydrogen-bond acceptors (Lipinski definition) is 4. The van der Waals surface area contributed by atoms with Crippen LogP contribution in [0.15, 0.2) is 0 Å². The highest BCUT2D eigenvalue weighted by Crippen LogP contribution is 2.70.